The quantitative estimate of drug-likeness (QED) is 0.213. The highest BCUT2D eigenvalue weighted by Gasteiger charge is 1.99. The molecule has 0 aliphatic carbocycles. The molecule has 0 atom stereocenters. The van der Waals surface area contributed by atoms with Gasteiger partial charge in [0.2, 0.25) is 5.91 Å². The molecular formula is C22H43NO. The third-order valence-corrected chi connectivity index (χ3v) is 4.52. The van der Waals surface area contributed by atoms with Crippen molar-refractivity contribution in [3.8, 4) is 0 Å². The van der Waals surface area contributed by atoms with Crippen LogP contribution in [0, 0.1) is 0 Å². The van der Waals surface area contributed by atoms with Gasteiger partial charge in [0.1, 0.15) is 0 Å². The minimum atomic E-state index is 0.243. The zero-order valence-electron chi connectivity index (χ0n) is 16.6. The molecular weight excluding hydrogens is 294 g/mol. The Morgan fingerprint density at radius 1 is 0.667 bits per heavy atom. The van der Waals surface area contributed by atoms with Crippen molar-refractivity contribution in [3.63, 3.8) is 0 Å². The molecule has 0 saturated heterocycles. The summed E-state index contributed by atoms with van der Waals surface area (Å²) in [5.41, 5.74) is 0. The van der Waals surface area contributed by atoms with Gasteiger partial charge in [-0.15, -0.1) is 0 Å². The Kier molecular flexibility index (Phi) is 19.6. The predicted octanol–water partition coefficient (Wildman–Crippen LogP) is 6.94. The molecule has 24 heavy (non-hydrogen) atoms. The molecule has 0 rings (SSSR count). The lowest BCUT2D eigenvalue weighted by atomic mass is 10.1. The first-order valence-corrected chi connectivity index (χ1v) is 10.7. The summed E-state index contributed by atoms with van der Waals surface area (Å²) in [7, 11) is 0. The zero-order valence-corrected chi connectivity index (χ0v) is 16.6. The summed E-state index contributed by atoms with van der Waals surface area (Å²) in [5.74, 6) is 0.243. The lowest BCUT2D eigenvalue weighted by Crippen LogP contribution is -2.23. The van der Waals surface area contributed by atoms with Crippen molar-refractivity contribution in [2.45, 2.75) is 117 Å². The van der Waals surface area contributed by atoms with E-state index in [0.717, 1.165) is 19.4 Å². The van der Waals surface area contributed by atoms with Gasteiger partial charge in [-0.05, 0) is 38.5 Å². The van der Waals surface area contributed by atoms with E-state index < -0.39 is 0 Å². The highest BCUT2D eigenvalue weighted by atomic mass is 16.1. The van der Waals surface area contributed by atoms with Gasteiger partial charge < -0.3 is 5.32 Å². The van der Waals surface area contributed by atoms with Crippen molar-refractivity contribution >= 4 is 5.91 Å². The molecule has 0 aromatic rings. The van der Waals surface area contributed by atoms with Crippen LogP contribution >= 0.6 is 0 Å². The standard InChI is InChI=1S/C22H43NO/c1-3-5-7-8-9-10-11-12-13-14-15-16-17-18-20-22(24)23-21-19-6-4-2/h11-12H,3-10,13-21H2,1-2H3,(H,23,24)/b12-11-. The van der Waals surface area contributed by atoms with Crippen LogP contribution in [0.4, 0.5) is 0 Å². The molecule has 0 saturated carbocycles. The topological polar surface area (TPSA) is 29.1 Å². The lowest BCUT2D eigenvalue weighted by molar-refractivity contribution is -0.121. The zero-order chi connectivity index (χ0) is 17.7. The Morgan fingerprint density at radius 2 is 1.17 bits per heavy atom. The molecule has 1 N–H and O–H groups in total. The average molecular weight is 338 g/mol. The number of hydrogen-bond acceptors (Lipinski definition) is 1. The molecule has 0 fully saturated rings. The fourth-order valence-corrected chi connectivity index (χ4v) is 2.87. The van der Waals surface area contributed by atoms with Crippen molar-refractivity contribution in [3.05, 3.63) is 12.2 Å². The van der Waals surface area contributed by atoms with E-state index in [1.807, 2.05) is 0 Å². The largest absolute Gasteiger partial charge is 0.356 e. The third-order valence-electron chi connectivity index (χ3n) is 4.52. The summed E-state index contributed by atoms with van der Waals surface area (Å²) in [6.45, 7) is 5.31. The van der Waals surface area contributed by atoms with Gasteiger partial charge in [-0.3, -0.25) is 4.79 Å². The van der Waals surface area contributed by atoms with Gasteiger partial charge >= 0.3 is 0 Å². The Balaban J connectivity index is 3.17. The van der Waals surface area contributed by atoms with E-state index in [0.29, 0.717) is 6.42 Å². The fraction of sp³-hybridized carbons (Fsp3) is 0.864. The van der Waals surface area contributed by atoms with Gasteiger partial charge in [0.05, 0.1) is 0 Å². The third kappa shape index (κ3) is 19.3. The first-order valence-electron chi connectivity index (χ1n) is 10.7. The molecule has 2 heteroatoms. The van der Waals surface area contributed by atoms with Crippen LogP contribution in [0.2, 0.25) is 0 Å². The second-order valence-electron chi connectivity index (χ2n) is 7.04. The summed E-state index contributed by atoms with van der Waals surface area (Å²) in [5, 5.41) is 3.02. The van der Waals surface area contributed by atoms with Crippen LogP contribution in [0.15, 0.2) is 12.2 Å². The van der Waals surface area contributed by atoms with Gasteiger partial charge in [0.15, 0.2) is 0 Å². The van der Waals surface area contributed by atoms with Gasteiger partial charge in [0, 0.05) is 13.0 Å². The Hall–Kier alpha value is -0.790. The summed E-state index contributed by atoms with van der Waals surface area (Å²) in [4.78, 5) is 11.6. The van der Waals surface area contributed by atoms with Crippen LogP contribution in [0.5, 0.6) is 0 Å². The molecule has 0 unspecified atom stereocenters. The minimum Gasteiger partial charge on any atom is -0.356 e. The molecule has 2 nitrogen and oxygen atoms in total. The van der Waals surface area contributed by atoms with Crippen molar-refractivity contribution in [1.29, 1.82) is 0 Å². The molecule has 142 valence electrons. The molecule has 0 heterocycles. The van der Waals surface area contributed by atoms with Gasteiger partial charge in [-0.2, -0.15) is 0 Å². The van der Waals surface area contributed by atoms with Crippen molar-refractivity contribution in [2.24, 2.45) is 0 Å². The molecule has 0 aliphatic rings. The van der Waals surface area contributed by atoms with Crippen molar-refractivity contribution in [2.75, 3.05) is 6.54 Å². The number of carbonyl (C=O) groups excluding carboxylic acids is 1. The molecule has 0 aromatic carbocycles. The van der Waals surface area contributed by atoms with Gasteiger partial charge in [-0.25, -0.2) is 0 Å². The number of carbonyl (C=O) groups is 1. The van der Waals surface area contributed by atoms with Crippen LogP contribution in [0.25, 0.3) is 0 Å². The first-order chi connectivity index (χ1) is 11.8. The lowest BCUT2D eigenvalue weighted by Gasteiger charge is -2.04. The molecule has 0 bridgehead atoms. The number of hydrogen-bond donors (Lipinski definition) is 1. The van der Waals surface area contributed by atoms with Crippen LogP contribution in [0.3, 0.4) is 0 Å². The maximum absolute atomic E-state index is 11.6. The summed E-state index contributed by atoms with van der Waals surface area (Å²) in [6.07, 6.45) is 24.5. The molecule has 0 radical (unpaired) electrons. The van der Waals surface area contributed by atoms with E-state index in [2.05, 4.69) is 31.3 Å². The smallest absolute Gasteiger partial charge is 0.219 e. The Morgan fingerprint density at radius 3 is 1.79 bits per heavy atom. The van der Waals surface area contributed by atoms with Crippen molar-refractivity contribution in [1.82, 2.24) is 5.32 Å². The fourth-order valence-electron chi connectivity index (χ4n) is 2.87. The van der Waals surface area contributed by atoms with E-state index in [1.54, 1.807) is 0 Å². The molecule has 1 amide bonds. The van der Waals surface area contributed by atoms with E-state index in [-0.39, 0.29) is 5.91 Å². The number of amides is 1. The summed E-state index contributed by atoms with van der Waals surface area (Å²) < 4.78 is 0. The minimum absolute atomic E-state index is 0.243. The van der Waals surface area contributed by atoms with Crippen LogP contribution in [0.1, 0.15) is 117 Å². The number of nitrogens with one attached hydrogen (secondary N) is 1. The monoisotopic (exact) mass is 337 g/mol. The van der Waals surface area contributed by atoms with Crippen molar-refractivity contribution < 1.29 is 4.79 Å². The van der Waals surface area contributed by atoms with E-state index in [1.165, 1.54) is 83.5 Å². The molecule has 0 aliphatic heterocycles. The van der Waals surface area contributed by atoms with Gasteiger partial charge in [0.25, 0.3) is 0 Å². The Bertz CT molecular complexity index is 286. The Labute approximate surface area is 151 Å². The summed E-state index contributed by atoms with van der Waals surface area (Å²) in [6, 6.07) is 0. The van der Waals surface area contributed by atoms with E-state index >= 15 is 0 Å². The second kappa shape index (κ2) is 20.3. The number of unbranched alkanes of at least 4 members (excludes halogenated alkanes) is 12. The predicted molar refractivity (Wildman–Crippen MR) is 107 cm³/mol. The molecule has 0 aromatic heterocycles. The maximum Gasteiger partial charge on any atom is 0.219 e. The highest BCUT2D eigenvalue weighted by Crippen LogP contribution is 2.09. The number of rotatable bonds is 18. The normalized spacial score (nSPS) is 11.2. The van der Waals surface area contributed by atoms with Crippen LogP contribution in [-0.4, -0.2) is 12.5 Å². The molecule has 0 spiro atoms. The maximum atomic E-state index is 11.6. The summed E-state index contributed by atoms with van der Waals surface area (Å²) >= 11 is 0. The first kappa shape index (κ1) is 23.2. The average Bonchev–Trinajstić information content (AvgIpc) is 2.59. The number of allylic oxidation sites excluding steroid dienone is 2. The van der Waals surface area contributed by atoms with E-state index in [9.17, 15) is 4.79 Å². The van der Waals surface area contributed by atoms with Gasteiger partial charge in [-0.1, -0.05) is 83.8 Å². The van der Waals surface area contributed by atoms with Crippen LogP contribution < -0.4 is 5.32 Å². The highest BCUT2D eigenvalue weighted by molar-refractivity contribution is 5.75. The second-order valence-corrected chi connectivity index (χ2v) is 7.04. The van der Waals surface area contributed by atoms with Crippen LogP contribution in [-0.2, 0) is 4.79 Å². The van der Waals surface area contributed by atoms with E-state index in [4.69, 9.17) is 0 Å². The SMILES string of the molecule is CCCCCCC/C=C\CCCCCCCC(=O)NCCCCC.